The van der Waals surface area contributed by atoms with Crippen molar-refractivity contribution in [1.29, 1.82) is 0 Å². The maximum absolute atomic E-state index is 12.1. The van der Waals surface area contributed by atoms with Crippen molar-refractivity contribution in [3.05, 3.63) is 33.8 Å². The molecule has 98 valence electrons. The Labute approximate surface area is 121 Å². The number of nitrogens with one attached hydrogen (secondary N) is 2. The second-order valence-electron chi connectivity index (χ2n) is 4.90. The van der Waals surface area contributed by atoms with Gasteiger partial charge in [-0.25, -0.2) is 0 Å². The summed E-state index contributed by atoms with van der Waals surface area (Å²) in [5.74, 6) is 1.38. The Balaban J connectivity index is 0.00000120. The molecule has 1 aliphatic heterocycles. The SMILES string of the molecule is Cc1c(Br)cccc1C(=O)NC1C2CNCC21.Cl. The van der Waals surface area contributed by atoms with Crippen LogP contribution in [0, 0.1) is 18.8 Å². The van der Waals surface area contributed by atoms with Crippen molar-refractivity contribution in [2.75, 3.05) is 13.1 Å². The van der Waals surface area contributed by atoms with Crippen LogP contribution in [-0.4, -0.2) is 25.0 Å². The monoisotopic (exact) mass is 330 g/mol. The van der Waals surface area contributed by atoms with Crippen LogP contribution in [0.25, 0.3) is 0 Å². The van der Waals surface area contributed by atoms with Crippen molar-refractivity contribution in [3.8, 4) is 0 Å². The Hall–Kier alpha value is -0.580. The highest BCUT2D eigenvalue weighted by Crippen LogP contribution is 2.41. The second kappa shape index (κ2) is 5.19. The Kier molecular flexibility index (Phi) is 3.99. The van der Waals surface area contributed by atoms with Crippen molar-refractivity contribution >= 4 is 34.2 Å². The quantitative estimate of drug-likeness (QED) is 0.871. The predicted octanol–water partition coefficient (Wildman–Crippen LogP) is 2.13. The van der Waals surface area contributed by atoms with Crippen molar-refractivity contribution in [2.24, 2.45) is 11.8 Å². The van der Waals surface area contributed by atoms with Crippen molar-refractivity contribution in [2.45, 2.75) is 13.0 Å². The summed E-state index contributed by atoms with van der Waals surface area (Å²) < 4.78 is 0.989. The van der Waals surface area contributed by atoms with Gasteiger partial charge in [-0.1, -0.05) is 22.0 Å². The number of hydrogen-bond acceptors (Lipinski definition) is 2. The third kappa shape index (κ3) is 2.29. The van der Waals surface area contributed by atoms with Gasteiger partial charge in [-0.3, -0.25) is 4.79 Å². The van der Waals surface area contributed by atoms with E-state index in [4.69, 9.17) is 0 Å². The number of hydrogen-bond donors (Lipinski definition) is 2. The minimum atomic E-state index is 0. The smallest absolute Gasteiger partial charge is 0.251 e. The number of amides is 1. The first-order valence-electron chi connectivity index (χ1n) is 5.95. The van der Waals surface area contributed by atoms with Crippen LogP contribution in [0.5, 0.6) is 0 Å². The minimum Gasteiger partial charge on any atom is -0.349 e. The van der Waals surface area contributed by atoms with E-state index < -0.39 is 0 Å². The van der Waals surface area contributed by atoms with Crippen LogP contribution in [-0.2, 0) is 0 Å². The lowest BCUT2D eigenvalue weighted by atomic mass is 10.1. The molecule has 5 heteroatoms. The van der Waals surface area contributed by atoms with Crippen molar-refractivity contribution < 1.29 is 4.79 Å². The highest BCUT2D eigenvalue weighted by Gasteiger charge is 2.53. The molecular formula is C13H16BrClN2O. The fourth-order valence-corrected chi connectivity index (χ4v) is 3.08. The Morgan fingerprint density at radius 2 is 2.06 bits per heavy atom. The standard InChI is InChI=1S/C13H15BrN2O.ClH/c1-7-8(3-2-4-11(7)14)13(17)16-12-9-5-15-6-10(9)12;/h2-4,9-10,12,15H,5-6H2,1H3,(H,16,17);1H. The van der Waals surface area contributed by atoms with Gasteiger partial charge in [0.25, 0.3) is 5.91 Å². The van der Waals surface area contributed by atoms with E-state index in [-0.39, 0.29) is 18.3 Å². The molecule has 2 aliphatic rings. The summed E-state index contributed by atoms with van der Waals surface area (Å²) in [5.41, 5.74) is 1.78. The summed E-state index contributed by atoms with van der Waals surface area (Å²) in [6.07, 6.45) is 0. The molecular weight excluding hydrogens is 316 g/mol. The first kappa shape index (κ1) is 13.8. The zero-order valence-electron chi connectivity index (χ0n) is 10.1. The molecule has 2 fully saturated rings. The predicted molar refractivity (Wildman–Crippen MR) is 77.2 cm³/mol. The molecule has 1 amide bonds. The fraction of sp³-hybridized carbons (Fsp3) is 0.462. The maximum Gasteiger partial charge on any atom is 0.251 e. The third-order valence-corrected chi connectivity index (χ3v) is 4.76. The van der Waals surface area contributed by atoms with Crippen molar-refractivity contribution in [1.82, 2.24) is 10.6 Å². The summed E-state index contributed by atoms with van der Waals surface area (Å²) in [7, 11) is 0. The summed E-state index contributed by atoms with van der Waals surface area (Å²) in [4.78, 5) is 12.1. The molecule has 1 aromatic carbocycles. The number of carbonyl (C=O) groups excluding carboxylic acids is 1. The molecule has 1 aromatic rings. The highest BCUT2D eigenvalue weighted by molar-refractivity contribution is 9.10. The van der Waals surface area contributed by atoms with E-state index >= 15 is 0 Å². The Morgan fingerprint density at radius 1 is 1.39 bits per heavy atom. The average molecular weight is 332 g/mol. The van der Waals surface area contributed by atoms with E-state index in [9.17, 15) is 4.79 Å². The molecule has 18 heavy (non-hydrogen) atoms. The van der Waals surface area contributed by atoms with Gasteiger partial charge in [0.2, 0.25) is 0 Å². The van der Waals surface area contributed by atoms with E-state index in [2.05, 4.69) is 26.6 Å². The number of carbonyl (C=O) groups is 1. The third-order valence-electron chi connectivity index (χ3n) is 3.90. The molecule has 2 atom stereocenters. The molecule has 0 radical (unpaired) electrons. The van der Waals surface area contributed by atoms with Gasteiger partial charge in [-0.15, -0.1) is 12.4 Å². The van der Waals surface area contributed by atoms with Crippen LogP contribution < -0.4 is 10.6 Å². The Morgan fingerprint density at radius 3 is 2.72 bits per heavy atom. The first-order valence-corrected chi connectivity index (χ1v) is 6.74. The van der Waals surface area contributed by atoms with Crippen LogP contribution in [0.2, 0.25) is 0 Å². The largest absolute Gasteiger partial charge is 0.349 e. The van der Waals surface area contributed by atoms with Gasteiger partial charge >= 0.3 is 0 Å². The number of benzene rings is 1. The van der Waals surface area contributed by atoms with Gasteiger partial charge < -0.3 is 10.6 Å². The zero-order valence-corrected chi connectivity index (χ0v) is 12.5. The van der Waals surface area contributed by atoms with Gasteiger partial charge in [-0.05, 0) is 36.5 Å². The van der Waals surface area contributed by atoms with E-state index in [0.717, 1.165) is 28.7 Å². The van der Waals surface area contributed by atoms with Crippen LogP contribution in [0.15, 0.2) is 22.7 Å². The fourth-order valence-electron chi connectivity index (χ4n) is 2.72. The molecule has 0 aromatic heterocycles. The zero-order chi connectivity index (χ0) is 12.0. The molecule has 0 spiro atoms. The summed E-state index contributed by atoms with van der Waals surface area (Å²) in [5, 5.41) is 6.47. The number of fused-ring (bicyclic) bond motifs is 1. The molecule has 3 rings (SSSR count). The molecule has 2 N–H and O–H groups in total. The Bertz CT molecular complexity index is 470. The number of piperidine rings is 1. The van der Waals surface area contributed by atoms with Crippen molar-refractivity contribution in [3.63, 3.8) is 0 Å². The molecule has 3 nitrogen and oxygen atoms in total. The maximum atomic E-state index is 12.1. The normalized spacial score (nSPS) is 28.2. The van der Waals surface area contributed by atoms with Gasteiger partial charge in [-0.2, -0.15) is 0 Å². The molecule has 1 saturated carbocycles. The van der Waals surface area contributed by atoms with E-state index in [1.54, 1.807) is 0 Å². The lowest BCUT2D eigenvalue weighted by Crippen LogP contribution is -2.32. The van der Waals surface area contributed by atoms with Crippen LogP contribution >= 0.6 is 28.3 Å². The van der Waals surface area contributed by atoms with E-state index in [1.165, 1.54) is 0 Å². The molecule has 2 unspecified atom stereocenters. The van der Waals surface area contributed by atoms with Crippen LogP contribution in [0.3, 0.4) is 0 Å². The van der Waals surface area contributed by atoms with Crippen LogP contribution in [0.1, 0.15) is 15.9 Å². The number of rotatable bonds is 2. The second-order valence-corrected chi connectivity index (χ2v) is 5.75. The van der Waals surface area contributed by atoms with Gasteiger partial charge in [0.15, 0.2) is 0 Å². The highest BCUT2D eigenvalue weighted by atomic mass is 79.9. The topological polar surface area (TPSA) is 41.1 Å². The molecule has 1 saturated heterocycles. The summed E-state index contributed by atoms with van der Waals surface area (Å²) in [6, 6.07) is 6.14. The van der Waals surface area contributed by atoms with E-state index in [1.807, 2.05) is 25.1 Å². The van der Waals surface area contributed by atoms with Gasteiger partial charge in [0, 0.05) is 29.2 Å². The van der Waals surface area contributed by atoms with Crippen LogP contribution in [0.4, 0.5) is 0 Å². The van der Waals surface area contributed by atoms with Gasteiger partial charge in [0.05, 0.1) is 0 Å². The summed E-state index contributed by atoms with van der Waals surface area (Å²) in [6.45, 7) is 4.06. The number of halogens is 2. The van der Waals surface area contributed by atoms with E-state index in [0.29, 0.717) is 17.9 Å². The average Bonchev–Trinajstić information content (AvgIpc) is 2.76. The lowest BCUT2D eigenvalue weighted by Gasteiger charge is -2.10. The lowest BCUT2D eigenvalue weighted by molar-refractivity contribution is 0.0946. The molecule has 1 aliphatic carbocycles. The summed E-state index contributed by atoms with van der Waals surface area (Å²) >= 11 is 3.45. The minimum absolute atomic E-state index is 0. The van der Waals surface area contributed by atoms with Gasteiger partial charge in [0.1, 0.15) is 0 Å². The first-order chi connectivity index (χ1) is 8.18. The molecule has 1 heterocycles. The molecule has 0 bridgehead atoms.